The number of nitrogens with zero attached hydrogens (tertiary/aromatic N) is 1. The fourth-order valence-corrected chi connectivity index (χ4v) is 1.90. The van der Waals surface area contributed by atoms with Crippen LogP contribution in [0.1, 0.15) is 35.2 Å². The van der Waals surface area contributed by atoms with Gasteiger partial charge in [0.1, 0.15) is 5.82 Å². The molecule has 0 aromatic heterocycles. The molecule has 1 rings (SSSR count). The molecule has 0 aliphatic rings. The molecule has 0 bridgehead atoms. The van der Waals surface area contributed by atoms with Gasteiger partial charge < -0.3 is 15.7 Å². The first-order valence-corrected chi connectivity index (χ1v) is 6.95. The molecule has 1 aromatic carbocycles. The Labute approximate surface area is 124 Å². The first-order chi connectivity index (χ1) is 10.1. The van der Waals surface area contributed by atoms with Gasteiger partial charge >= 0.3 is 0 Å². The van der Waals surface area contributed by atoms with Gasteiger partial charge in [0.25, 0.3) is 5.91 Å². The van der Waals surface area contributed by atoms with E-state index < -0.39 is 5.82 Å². The van der Waals surface area contributed by atoms with E-state index in [1.807, 2.05) is 0 Å². The number of nitrogens with two attached hydrogens (primary N) is 1. The number of carbonyl (C=O) groups excluding carboxylic acids is 1. The Morgan fingerprint density at radius 1 is 1.38 bits per heavy atom. The number of rotatable bonds is 6. The number of hydrogen-bond acceptors (Lipinski definition) is 3. The van der Waals surface area contributed by atoms with E-state index in [0.717, 1.165) is 19.3 Å². The maximum atomic E-state index is 13.3. The van der Waals surface area contributed by atoms with Crippen LogP contribution in [0.4, 0.5) is 4.39 Å². The van der Waals surface area contributed by atoms with E-state index in [0.29, 0.717) is 17.7 Å². The molecule has 0 aliphatic carbocycles. The topological polar surface area (TPSA) is 66.6 Å². The summed E-state index contributed by atoms with van der Waals surface area (Å²) in [7, 11) is 1.70. The lowest BCUT2D eigenvalue weighted by Gasteiger charge is -2.18. The van der Waals surface area contributed by atoms with Crippen LogP contribution in [0.2, 0.25) is 0 Å². The van der Waals surface area contributed by atoms with Gasteiger partial charge in [0.2, 0.25) is 0 Å². The third kappa shape index (κ3) is 5.54. The van der Waals surface area contributed by atoms with Gasteiger partial charge in [0, 0.05) is 25.8 Å². The van der Waals surface area contributed by atoms with Crippen LogP contribution in [-0.2, 0) is 0 Å². The second kappa shape index (κ2) is 9.11. The van der Waals surface area contributed by atoms with Gasteiger partial charge in [-0.15, -0.1) is 0 Å². The van der Waals surface area contributed by atoms with Gasteiger partial charge in [-0.1, -0.05) is 11.8 Å². The number of benzene rings is 1. The summed E-state index contributed by atoms with van der Waals surface area (Å²) in [5.74, 6) is 4.74. The summed E-state index contributed by atoms with van der Waals surface area (Å²) in [4.78, 5) is 13.9. The molecule has 0 unspecified atom stereocenters. The van der Waals surface area contributed by atoms with E-state index in [1.165, 1.54) is 18.2 Å². The molecule has 4 nitrogen and oxygen atoms in total. The third-order valence-corrected chi connectivity index (χ3v) is 3.04. The molecule has 0 radical (unpaired) electrons. The van der Waals surface area contributed by atoms with Crippen molar-refractivity contribution in [2.24, 2.45) is 5.73 Å². The second-order valence-corrected chi connectivity index (χ2v) is 4.71. The number of carbonyl (C=O) groups is 1. The second-order valence-electron chi connectivity index (χ2n) is 4.71. The summed E-state index contributed by atoms with van der Waals surface area (Å²) in [5.41, 5.74) is 6.04. The summed E-state index contributed by atoms with van der Waals surface area (Å²) >= 11 is 0. The largest absolute Gasteiger partial charge is 0.396 e. The molecule has 3 N–H and O–H groups in total. The minimum Gasteiger partial charge on any atom is -0.396 e. The fourth-order valence-electron chi connectivity index (χ4n) is 1.90. The summed E-state index contributed by atoms with van der Waals surface area (Å²) in [6, 6.07) is 3.94. The number of unbranched alkanes of at least 4 members (excludes halogenated alkanes) is 2. The van der Waals surface area contributed by atoms with Crippen molar-refractivity contribution in [2.45, 2.75) is 19.3 Å². The zero-order chi connectivity index (χ0) is 15.7. The molecule has 0 saturated heterocycles. The molecule has 0 fully saturated rings. The number of aliphatic hydroxyl groups excluding tert-OH is 1. The van der Waals surface area contributed by atoms with E-state index in [2.05, 4.69) is 11.8 Å². The molecule has 21 heavy (non-hydrogen) atoms. The van der Waals surface area contributed by atoms with Crippen molar-refractivity contribution in [2.75, 3.05) is 26.7 Å². The van der Waals surface area contributed by atoms with Gasteiger partial charge in [0.05, 0.1) is 12.1 Å². The van der Waals surface area contributed by atoms with Crippen molar-refractivity contribution in [3.63, 3.8) is 0 Å². The third-order valence-electron chi connectivity index (χ3n) is 3.04. The van der Waals surface area contributed by atoms with Gasteiger partial charge in [0.15, 0.2) is 0 Å². The maximum absolute atomic E-state index is 13.3. The highest BCUT2D eigenvalue weighted by atomic mass is 19.1. The monoisotopic (exact) mass is 292 g/mol. The van der Waals surface area contributed by atoms with Crippen LogP contribution in [0.15, 0.2) is 18.2 Å². The lowest BCUT2D eigenvalue weighted by atomic mass is 10.1. The van der Waals surface area contributed by atoms with Crippen molar-refractivity contribution < 1.29 is 14.3 Å². The quantitative estimate of drug-likeness (QED) is 0.615. The van der Waals surface area contributed by atoms with Gasteiger partial charge in [-0.25, -0.2) is 4.39 Å². The van der Waals surface area contributed by atoms with Gasteiger partial charge in [-0.2, -0.15) is 0 Å². The predicted molar refractivity (Wildman–Crippen MR) is 80.2 cm³/mol. The van der Waals surface area contributed by atoms with E-state index >= 15 is 0 Å². The molecule has 5 heteroatoms. The molecular formula is C16H21FN2O2. The van der Waals surface area contributed by atoms with Crippen LogP contribution in [-0.4, -0.2) is 42.7 Å². The van der Waals surface area contributed by atoms with E-state index in [1.54, 1.807) is 11.9 Å². The van der Waals surface area contributed by atoms with Crippen molar-refractivity contribution in [3.05, 3.63) is 35.1 Å². The normalized spacial score (nSPS) is 9.90. The number of hydrogen-bond donors (Lipinski definition) is 2. The average molecular weight is 292 g/mol. The van der Waals surface area contributed by atoms with Gasteiger partial charge in [-0.05, 0) is 37.5 Å². The molecule has 0 heterocycles. The molecule has 0 spiro atoms. The lowest BCUT2D eigenvalue weighted by molar-refractivity contribution is 0.0792. The minimum atomic E-state index is -0.432. The summed E-state index contributed by atoms with van der Waals surface area (Å²) in [5, 5.41) is 8.72. The van der Waals surface area contributed by atoms with Crippen molar-refractivity contribution in [1.29, 1.82) is 0 Å². The standard InChI is InChI=1S/C16H21FN2O2/c1-19(10-3-2-4-11-20)16(21)15-8-7-14(17)12-13(15)6-5-9-18/h7-8,12,20H,2-4,9-11,18H2,1H3. The van der Waals surface area contributed by atoms with Crippen molar-refractivity contribution in [1.82, 2.24) is 4.90 Å². The van der Waals surface area contributed by atoms with E-state index in [9.17, 15) is 9.18 Å². The Morgan fingerprint density at radius 3 is 2.81 bits per heavy atom. The number of aliphatic hydroxyl groups is 1. The maximum Gasteiger partial charge on any atom is 0.254 e. The Balaban J connectivity index is 2.81. The van der Waals surface area contributed by atoms with Crippen LogP contribution in [0.25, 0.3) is 0 Å². The Hall–Kier alpha value is -1.90. The van der Waals surface area contributed by atoms with Crippen LogP contribution in [0.5, 0.6) is 0 Å². The van der Waals surface area contributed by atoms with Crippen LogP contribution >= 0.6 is 0 Å². The Morgan fingerprint density at radius 2 is 2.14 bits per heavy atom. The van der Waals surface area contributed by atoms with Crippen molar-refractivity contribution in [3.8, 4) is 11.8 Å². The highest BCUT2D eigenvalue weighted by molar-refractivity contribution is 5.96. The molecule has 0 atom stereocenters. The lowest BCUT2D eigenvalue weighted by Crippen LogP contribution is -2.28. The number of amides is 1. The molecule has 114 valence electrons. The van der Waals surface area contributed by atoms with Gasteiger partial charge in [-0.3, -0.25) is 4.79 Å². The summed E-state index contributed by atoms with van der Waals surface area (Å²) in [6.07, 6.45) is 2.40. The molecule has 1 aromatic rings. The van der Waals surface area contributed by atoms with Crippen LogP contribution < -0.4 is 5.73 Å². The predicted octanol–water partition coefficient (Wildman–Crippen LogP) is 1.37. The molecule has 0 aliphatic heterocycles. The van der Waals surface area contributed by atoms with Crippen molar-refractivity contribution >= 4 is 5.91 Å². The zero-order valence-electron chi connectivity index (χ0n) is 12.2. The van der Waals surface area contributed by atoms with E-state index in [-0.39, 0.29) is 19.1 Å². The fraction of sp³-hybridized carbons (Fsp3) is 0.438. The molecule has 0 saturated carbocycles. The molecular weight excluding hydrogens is 271 g/mol. The average Bonchev–Trinajstić information content (AvgIpc) is 2.48. The first-order valence-electron chi connectivity index (χ1n) is 6.95. The van der Waals surface area contributed by atoms with Crippen LogP contribution in [0.3, 0.4) is 0 Å². The SMILES string of the molecule is CN(CCCCCO)C(=O)c1ccc(F)cc1C#CCN. The zero-order valence-corrected chi connectivity index (χ0v) is 12.2. The van der Waals surface area contributed by atoms with E-state index in [4.69, 9.17) is 10.8 Å². The Kier molecular flexibility index (Phi) is 7.44. The smallest absolute Gasteiger partial charge is 0.254 e. The Bertz CT molecular complexity index is 535. The minimum absolute atomic E-state index is 0.154. The van der Waals surface area contributed by atoms with Crippen LogP contribution in [0, 0.1) is 17.7 Å². The highest BCUT2D eigenvalue weighted by Gasteiger charge is 2.15. The first kappa shape index (κ1) is 17.2. The number of halogens is 1. The molecule has 1 amide bonds. The summed E-state index contributed by atoms with van der Waals surface area (Å²) < 4.78 is 13.3. The summed E-state index contributed by atoms with van der Waals surface area (Å²) in [6.45, 7) is 0.898. The highest BCUT2D eigenvalue weighted by Crippen LogP contribution is 2.13.